The molecule has 5 atom stereocenters. The van der Waals surface area contributed by atoms with Crippen LogP contribution in [-0.4, -0.2) is 38.3 Å². The highest BCUT2D eigenvalue weighted by Gasteiger charge is 2.48. The van der Waals surface area contributed by atoms with Gasteiger partial charge in [0.15, 0.2) is 11.5 Å². The van der Waals surface area contributed by atoms with E-state index in [1.807, 2.05) is 0 Å². The van der Waals surface area contributed by atoms with Crippen LogP contribution in [0.15, 0.2) is 17.7 Å². The molecule has 3 heteroatoms. The van der Waals surface area contributed by atoms with Crippen LogP contribution >= 0.6 is 0 Å². The van der Waals surface area contributed by atoms with Gasteiger partial charge < -0.3 is 9.47 Å². The molecule has 3 aliphatic heterocycles. The minimum atomic E-state index is 0.748. The Kier molecular flexibility index (Phi) is 5.24. The Hall–Kier alpha value is -1.48. The minimum absolute atomic E-state index is 0.748. The van der Waals surface area contributed by atoms with Gasteiger partial charge in [0.2, 0.25) is 0 Å². The van der Waals surface area contributed by atoms with Gasteiger partial charge in [-0.1, -0.05) is 25.8 Å². The molecule has 3 fully saturated rings. The van der Waals surface area contributed by atoms with Crippen LogP contribution in [0.5, 0.6) is 11.5 Å². The number of aryl methyl sites for hydroxylation is 1. The second kappa shape index (κ2) is 7.50. The molecular formula is C24H35NO2. The molecule has 0 radical (unpaired) electrons. The Morgan fingerprint density at radius 1 is 1.07 bits per heavy atom. The first-order valence-electron chi connectivity index (χ1n) is 10.8. The average molecular weight is 370 g/mol. The molecule has 4 bridgehead atoms. The van der Waals surface area contributed by atoms with Crippen molar-refractivity contribution < 1.29 is 9.47 Å². The van der Waals surface area contributed by atoms with Crippen molar-refractivity contribution >= 4 is 5.57 Å². The highest BCUT2D eigenvalue weighted by Crippen LogP contribution is 2.51. The number of methoxy groups -OCH3 is 2. The fraction of sp³-hybridized carbons (Fsp3) is 0.667. The molecular weight excluding hydrogens is 334 g/mol. The number of hydrogen-bond acceptors (Lipinski definition) is 3. The third kappa shape index (κ3) is 3.08. The molecule has 5 rings (SSSR count). The lowest BCUT2D eigenvalue weighted by Gasteiger charge is -2.54. The van der Waals surface area contributed by atoms with Crippen LogP contribution in [0.1, 0.15) is 57.1 Å². The van der Waals surface area contributed by atoms with Crippen LogP contribution in [0.25, 0.3) is 5.57 Å². The minimum Gasteiger partial charge on any atom is -0.493 e. The molecule has 3 heterocycles. The summed E-state index contributed by atoms with van der Waals surface area (Å²) in [5.41, 5.74) is 5.99. The van der Waals surface area contributed by atoms with Crippen molar-refractivity contribution in [2.75, 3.05) is 27.3 Å². The zero-order chi connectivity index (χ0) is 19.1. The maximum absolute atomic E-state index is 5.64. The molecule has 5 unspecified atom stereocenters. The summed E-state index contributed by atoms with van der Waals surface area (Å²) >= 11 is 0. The molecule has 148 valence electrons. The van der Waals surface area contributed by atoms with Gasteiger partial charge >= 0.3 is 0 Å². The van der Waals surface area contributed by atoms with E-state index < -0.39 is 0 Å². The Balaban J connectivity index is 1.81. The Morgan fingerprint density at radius 2 is 1.81 bits per heavy atom. The quantitative estimate of drug-likeness (QED) is 0.701. The van der Waals surface area contributed by atoms with Crippen molar-refractivity contribution in [2.24, 2.45) is 17.8 Å². The summed E-state index contributed by atoms with van der Waals surface area (Å²) in [7, 11) is 3.46. The Morgan fingerprint density at radius 3 is 2.48 bits per heavy atom. The van der Waals surface area contributed by atoms with Crippen LogP contribution in [0.4, 0.5) is 0 Å². The summed E-state index contributed by atoms with van der Waals surface area (Å²) in [5.74, 6) is 4.21. The third-order valence-corrected chi connectivity index (χ3v) is 7.48. The molecule has 0 aromatic heterocycles. The molecule has 1 aromatic carbocycles. The zero-order valence-electron chi connectivity index (χ0n) is 17.7. The van der Waals surface area contributed by atoms with Crippen LogP contribution < -0.4 is 9.47 Å². The highest BCUT2D eigenvalue weighted by atomic mass is 16.5. The van der Waals surface area contributed by atoms with E-state index in [1.165, 1.54) is 49.9 Å². The maximum Gasteiger partial charge on any atom is 0.161 e. The predicted octanol–water partition coefficient (Wildman–Crippen LogP) is 5.32. The molecule has 1 saturated carbocycles. The molecule has 1 aliphatic carbocycles. The Bertz CT molecular complexity index is 738. The monoisotopic (exact) mass is 369 g/mol. The first-order chi connectivity index (χ1) is 13.1. The molecule has 2 saturated heterocycles. The largest absolute Gasteiger partial charge is 0.493 e. The summed E-state index contributed by atoms with van der Waals surface area (Å²) in [6.07, 6.45) is 6.51. The van der Waals surface area contributed by atoms with Crippen LogP contribution in [0.3, 0.4) is 0 Å². The van der Waals surface area contributed by atoms with Crippen LogP contribution in [0, 0.1) is 24.7 Å². The topological polar surface area (TPSA) is 21.7 Å². The van der Waals surface area contributed by atoms with E-state index >= 15 is 0 Å². The van der Waals surface area contributed by atoms with Crippen LogP contribution in [0.2, 0.25) is 0 Å². The van der Waals surface area contributed by atoms with E-state index in [-0.39, 0.29) is 0 Å². The fourth-order valence-electron chi connectivity index (χ4n) is 6.37. The van der Waals surface area contributed by atoms with Crippen molar-refractivity contribution in [1.82, 2.24) is 4.90 Å². The van der Waals surface area contributed by atoms with Gasteiger partial charge in [-0.15, -0.1) is 0 Å². The number of rotatable bonds is 5. The summed E-state index contributed by atoms with van der Waals surface area (Å²) < 4.78 is 11.2. The lowest BCUT2D eigenvalue weighted by molar-refractivity contribution is -0.0273. The number of benzene rings is 1. The van der Waals surface area contributed by atoms with E-state index in [0.717, 1.165) is 41.7 Å². The lowest BCUT2D eigenvalue weighted by Crippen LogP contribution is -2.57. The van der Waals surface area contributed by atoms with Crippen molar-refractivity contribution in [3.63, 3.8) is 0 Å². The van der Waals surface area contributed by atoms with Gasteiger partial charge in [-0.25, -0.2) is 0 Å². The number of nitrogens with zero attached hydrogens (tertiary/aromatic N) is 1. The van der Waals surface area contributed by atoms with Crippen molar-refractivity contribution in [3.05, 3.63) is 28.8 Å². The molecule has 0 N–H and O–H groups in total. The average Bonchev–Trinajstić information content (AvgIpc) is 2.81. The summed E-state index contributed by atoms with van der Waals surface area (Å²) in [6.45, 7) is 9.51. The van der Waals surface area contributed by atoms with Gasteiger partial charge in [0.25, 0.3) is 0 Å². The van der Waals surface area contributed by atoms with E-state index in [9.17, 15) is 0 Å². The molecule has 1 aromatic rings. The first-order valence-corrected chi connectivity index (χ1v) is 10.8. The van der Waals surface area contributed by atoms with E-state index in [4.69, 9.17) is 9.47 Å². The van der Waals surface area contributed by atoms with Crippen LogP contribution in [-0.2, 0) is 0 Å². The second-order valence-electron chi connectivity index (χ2n) is 8.73. The maximum atomic E-state index is 5.64. The second-order valence-corrected chi connectivity index (χ2v) is 8.73. The standard InChI is InChI=1S/C24H35NO2/c1-6-17-11-16-12-21-18(7-2)19(8-9-25(14-16)24(17)21)20-13-23(27-5)22(26-4)10-15(20)3/h10,13,16-17,21,24H,6-9,11-12,14H2,1-5H3. The van der Waals surface area contributed by atoms with Gasteiger partial charge in [0, 0.05) is 19.1 Å². The van der Waals surface area contributed by atoms with Crippen molar-refractivity contribution in [3.8, 4) is 11.5 Å². The molecule has 0 spiro atoms. The number of piperidine rings is 2. The number of fused-ring (bicyclic) bond motifs is 1. The Labute approximate surface area is 164 Å². The van der Waals surface area contributed by atoms with Gasteiger partial charge in [0.05, 0.1) is 14.2 Å². The summed E-state index contributed by atoms with van der Waals surface area (Å²) in [4.78, 5) is 2.84. The molecule has 0 amide bonds. The van der Waals surface area contributed by atoms with Gasteiger partial charge in [-0.2, -0.15) is 0 Å². The van der Waals surface area contributed by atoms with Gasteiger partial charge in [0.1, 0.15) is 0 Å². The van der Waals surface area contributed by atoms with Crippen molar-refractivity contribution in [2.45, 2.75) is 58.9 Å². The van der Waals surface area contributed by atoms with E-state index in [2.05, 4.69) is 37.8 Å². The summed E-state index contributed by atoms with van der Waals surface area (Å²) in [6, 6.07) is 5.14. The number of hydrogen-bond donors (Lipinski definition) is 0. The van der Waals surface area contributed by atoms with E-state index in [1.54, 1.807) is 25.4 Å². The van der Waals surface area contributed by atoms with E-state index in [0.29, 0.717) is 0 Å². The first kappa shape index (κ1) is 18.9. The van der Waals surface area contributed by atoms with Crippen molar-refractivity contribution in [1.29, 1.82) is 0 Å². The third-order valence-electron chi connectivity index (χ3n) is 7.48. The fourth-order valence-corrected chi connectivity index (χ4v) is 6.37. The van der Waals surface area contributed by atoms with Gasteiger partial charge in [-0.05, 0) is 79.2 Å². The highest BCUT2D eigenvalue weighted by molar-refractivity contribution is 5.74. The molecule has 4 aliphatic rings. The lowest BCUT2D eigenvalue weighted by atomic mass is 9.63. The number of ether oxygens (including phenoxy) is 2. The summed E-state index contributed by atoms with van der Waals surface area (Å²) in [5, 5.41) is 0. The SMILES string of the molecule is CCC1=C(c2cc(OC)c(OC)cc2C)CCN2CC3CC(CC)C2C1C3. The molecule has 27 heavy (non-hydrogen) atoms. The zero-order valence-corrected chi connectivity index (χ0v) is 17.7. The smallest absolute Gasteiger partial charge is 0.161 e. The normalized spacial score (nSPS) is 32.4. The predicted molar refractivity (Wildman–Crippen MR) is 111 cm³/mol. The molecule has 3 nitrogen and oxygen atoms in total. The van der Waals surface area contributed by atoms with Gasteiger partial charge in [-0.3, -0.25) is 4.90 Å².